The average Bonchev–Trinajstić information content (AvgIpc) is 2.24. The van der Waals surface area contributed by atoms with Gasteiger partial charge in [-0.25, -0.2) is 4.39 Å². The van der Waals surface area contributed by atoms with Gasteiger partial charge in [-0.3, -0.25) is 0 Å². The molecule has 108 valence electrons. The molecule has 0 saturated carbocycles. The number of hydrogen-bond acceptors (Lipinski definition) is 1. The van der Waals surface area contributed by atoms with Crippen molar-refractivity contribution in [2.45, 2.75) is 33.9 Å². The van der Waals surface area contributed by atoms with Crippen LogP contribution >= 0.6 is 0 Å². The largest absolute Gasteiger partial charge is 0.493 e. The molecule has 0 aliphatic heterocycles. The molecule has 1 atom stereocenters. The van der Waals surface area contributed by atoms with Crippen LogP contribution in [0.5, 0.6) is 5.75 Å². The standard InChI is InChI=1S/C14H18F4O/c1-9(13(2,3)4)8-19-12-6-5-10(15)7-11(12)14(16,17)18/h5-7,9H,8H2,1-4H3. The van der Waals surface area contributed by atoms with E-state index >= 15 is 0 Å². The third-order valence-electron chi connectivity index (χ3n) is 3.21. The van der Waals surface area contributed by atoms with Gasteiger partial charge >= 0.3 is 6.18 Å². The smallest absolute Gasteiger partial charge is 0.420 e. The van der Waals surface area contributed by atoms with Crippen LogP contribution < -0.4 is 4.74 Å². The van der Waals surface area contributed by atoms with Crippen LogP contribution in [0.1, 0.15) is 33.3 Å². The van der Waals surface area contributed by atoms with Crippen LogP contribution in [-0.4, -0.2) is 6.61 Å². The highest BCUT2D eigenvalue weighted by Crippen LogP contribution is 2.37. The van der Waals surface area contributed by atoms with Crippen molar-refractivity contribution >= 4 is 0 Å². The zero-order valence-electron chi connectivity index (χ0n) is 11.4. The van der Waals surface area contributed by atoms with Crippen molar-refractivity contribution in [2.24, 2.45) is 11.3 Å². The summed E-state index contributed by atoms with van der Waals surface area (Å²) in [4.78, 5) is 0. The second-order valence-corrected chi connectivity index (χ2v) is 5.72. The van der Waals surface area contributed by atoms with Gasteiger partial charge in [-0.15, -0.1) is 0 Å². The van der Waals surface area contributed by atoms with Crippen LogP contribution in [0.4, 0.5) is 17.6 Å². The van der Waals surface area contributed by atoms with Crippen molar-refractivity contribution in [3.63, 3.8) is 0 Å². The zero-order chi connectivity index (χ0) is 14.8. The van der Waals surface area contributed by atoms with E-state index in [1.165, 1.54) is 0 Å². The Morgan fingerprint density at radius 2 is 1.74 bits per heavy atom. The molecule has 0 aliphatic rings. The third kappa shape index (κ3) is 4.40. The maximum Gasteiger partial charge on any atom is 0.420 e. The van der Waals surface area contributed by atoms with Gasteiger partial charge in [-0.2, -0.15) is 13.2 Å². The van der Waals surface area contributed by atoms with Gasteiger partial charge in [0.05, 0.1) is 6.61 Å². The summed E-state index contributed by atoms with van der Waals surface area (Å²) in [6, 6.07) is 2.44. The Morgan fingerprint density at radius 1 is 1.16 bits per heavy atom. The number of benzene rings is 1. The summed E-state index contributed by atoms with van der Waals surface area (Å²) in [6.07, 6.45) is -4.62. The molecule has 0 amide bonds. The average molecular weight is 278 g/mol. The molecule has 5 heteroatoms. The first-order valence-electron chi connectivity index (χ1n) is 6.01. The molecule has 1 rings (SSSR count). The Morgan fingerprint density at radius 3 is 2.21 bits per heavy atom. The predicted octanol–water partition coefficient (Wildman–Crippen LogP) is 4.91. The lowest BCUT2D eigenvalue weighted by Crippen LogP contribution is -2.24. The van der Waals surface area contributed by atoms with E-state index in [2.05, 4.69) is 0 Å². The van der Waals surface area contributed by atoms with Crippen LogP contribution in [0.3, 0.4) is 0 Å². The fourth-order valence-corrected chi connectivity index (χ4v) is 1.31. The highest BCUT2D eigenvalue weighted by molar-refractivity contribution is 5.36. The van der Waals surface area contributed by atoms with Crippen molar-refractivity contribution in [2.75, 3.05) is 6.61 Å². The molecular formula is C14H18F4O. The van der Waals surface area contributed by atoms with Gasteiger partial charge in [0.15, 0.2) is 0 Å². The molecule has 0 spiro atoms. The summed E-state index contributed by atoms with van der Waals surface area (Å²) in [6.45, 7) is 8.00. The molecule has 0 fully saturated rings. The summed E-state index contributed by atoms with van der Waals surface area (Å²) >= 11 is 0. The number of hydrogen-bond donors (Lipinski definition) is 0. The van der Waals surface area contributed by atoms with E-state index in [4.69, 9.17) is 4.74 Å². The van der Waals surface area contributed by atoms with Gasteiger partial charge in [0.25, 0.3) is 0 Å². The van der Waals surface area contributed by atoms with Crippen LogP contribution in [0.15, 0.2) is 18.2 Å². The Labute approximate surface area is 110 Å². The monoisotopic (exact) mass is 278 g/mol. The minimum atomic E-state index is -4.62. The van der Waals surface area contributed by atoms with Crippen LogP contribution in [-0.2, 0) is 6.18 Å². The summed E-state index contributed by atoms with van der Waals surface area (Å²) in [5.41, 5.74) is -1.15. The molecule has 0 aromatic heterocycles. The van der Waals surface area contributed by atoms with Gasteiger partial charge in [0.2, 0.25) is 0 Å². The summed E-state index contributed by atoms with van der Waals surface area (Å²) in [5, 5.41) is 0. The van der Waals surface area contributed by atoms with Crippen molar-refractivity contribution < 1.29 is 22.3 Å². The number of halogens is 4. The Balaban J connectivity index is 2.90. The summed E-state index contributed by atoms with van der Waals surface area (Å²) in [5.74, 6) is -1.19. The minimum absolute atomic E-state index is 0.0682. The Hall–Kier alpha value is -1.26. The Bertz CT molecular complexity index is 432. The first-order chi connectivity index (χ1) is 8.51. The van der Waals surface area contributed by atoms with Gasteiger partial charge in [0, 0.05) is 0 Å². The van der Waals surface area contributed by atoms with E-state index in [-0.39, 0.29) is 23.7 Å². The van der Waals surface area contributed by atoms with Crippen molar-refractivity contribution in [3.05, 3.63) is 29.6 Å². The minimum Gasteiger partial charge on any atom is -0.493 e. The molecule has 0 radical (unpaired) electrons. The molecule has 0 saturated heterocycles. The van der Waals surface area contributed by atoms with E-state index in [0.717, 1.165) is 12.1 Å². The second-order valence-electron chi connectivity index (χ2n) is 5.72. The third-order valence-corrected chi connectivity index (χ3v) is 3.21. The molecule has 1 aromatic carbocycles. The maximum atomic E-state index is 12.9. The van der Waals surface area contributed by atoms with Crippen molar-refractivity contribution in [1.29, 1.82) is 0 Å². The summed E-state index contributed by atoms with van der Waals surface area (Å²) < 4.78 is 56.4. The van der Waals surface area contributed by atoms with Crippen LogP contribution in [0, 0.1) is 17.2 Å². The van der Waals surface area contributed by atoms with E-state index < -0.39 is 17.6 Å². The number of rotatable bonds is 3. The lowest BCUT2D eigenvalue weighted by atomic mass is 9.83. The highest BCUT2D eigenvalue weighted by atomic mass is 19.4. The first kappa shape index (κ1) is 15.8. The molecule has 0 bridgehead atoms. The van der Waals surface area contributed by atoms with Crippen LogP contribution in [0.2, 0.25) is 0 Å². The highest BCUT2D eigenvalue weighted by Gasteiger charge is 2.35. The molecule has 0 N–H and O–H groups in total. The second kappa shape index (κ2) is 5.39. The van der Waals surface area contributed by atoms with E-state index in [1.807, 2.05) is 27.7 Å². The lowest BCUT2D eigenvalue weighted by Gasteiger charge is -2.27. The van der Waals surface area contributed by atoms with Gasteiger partial charge in [-0.05, 0) is 29.5 Å². The normalized spacial score (nSPS) is 14.3. The van der Waals surface area contributed by atoms with Crippen molar-refractivity contribution in [1.82, 2.24) is 0 Å². The molecule has 0 heterocycles. The molecule has 1 nitrogen and oxygen atoms in total. The topological polar surface area (TPSA) is 9.23 Å². The van der Waals surface area contributed by atoms with E-state index in [1.54, 1.807) is 0 Å². The zero-order valence-corrected chi connectivity index (χ0v) is 11.4. The molecular weight excluding hydrogens is 260 g/mol. The van der Waals surface area contributed by atoms with Gasteiger partial charge in [0.1, 0.15) is 17.1 Å². The lowest BCUT2D eigenvalue weighted by molar-refractivity contribution is -0.139. The maximum absolute atomic E-state index is 12.9. The van der Waals surface area contributed by atoms with E-state index in [9.17, 15) is 17.6 Å². The van der Waals surface area contributed by atoms with E-state index in [0.29, 0.717) is 6.07 Å². The van der Waals surface area contributed by atoms with Gasteiger partial charge in [-0.1, -0.05) is 27.7 Å². The SMILES string of the molecule is CC(COc1ccc(F)cc1C(F)(F)F)C(C)(C)C. The molecule has 19 heavy (non-hydrogen) atoms. The predicted molar refractivity (Wildman–Crippen MR) is 65.5 cm³/mol. The molecule has 1 unspecified atom stereocenters. The quantitative estimate of drug-likeness (QED) is 0.714. The fourth-order valence-electron chi connectivity index (χ4n) is 1.31. The van der Waals surface area contributed by atoms with Crippen LogP contribution in [0.25, 0.3) is 0 Å². The fraction of sp³-hybridized carbons (Fsp3) is 0.571. The first-order valence-corrected chi connectivity index (χ1v) is 6.01. The molecule has 0 aliphatic carbocycles. The Kier molecular flexibility index (Phi) is 4.48. The number of ether oxygens (including phenoxy) is 1. The van der Waals surface area contributed by atoms with Gasteiger partial charge < -0.3 is 4.74 Å². The number of alkyl halides is 3. The van der Waals surface area contributed by atoms with Crippen molar-refractivity contribution in [3.8, 4) is 5.75 Å². The molecule has 1 aromatic rings. The summed E-state index contributed by atoms with van der Waals surface area (Å²) in [7, 11) is 0.